The molecule has 0 unspecified atom stereocenters. The van der Waals surface area contributed by atoms with Crippen LogP contribution in [0, 0.1) is 82.3 Å². The lowest BCUT2D eigenvalue weighted by Crippen LogP contribution is -2.29. The van der Waals surface area contributed by atoms with Gasteiger partial charge in [0.1, 0.15) is 30.9 Å². The summed E-state index contributed by atoms with van der Waals surface area (Å²) in [7, 11) is 0. The van der Waals surface area contributed by atoms with Gasteiger partial charge in [0.05, 0.1) is 22.3 Å². The van der Waals surface area contributed by atoms with E-state index in [1.54, 1.807) is 13.8 Å². The third-order valence-corrected chi connectivity index (χ3v) is 9.85. The van der Waals surface area contributed by atoms with E-state index in [4.69, 9.17) is 13.1 Å². The minimum absolute atomic E-state index is 0.0383. The van der Waals surface area contributed by atoms with Gasteiger partial charge in [-0.2, -0.15) is 33.4 Å². The molecule has 0 saturated carbocycles. The number of unbranched alkanes of at least 4 members (excludes halogenated alkanes) is 2. The Morgan fingerprint density at radius 1 is 0.618 bits per heavy atom. The summed E-state index contributed by atoms with van der Waals surface area (Å²) >= 11 is 0. The van der Waals surface area contributed by atoms with Crippen molar-refractivity contribution in [1.29, 1.82) is 10.5 Å². The average Bonchev–Trinajstić information content (AvgIpc) is 3.70. The average molecular weight is 771 g/mol. The Morgan fingerprint density at radius 2 is 1.00 bits per heavy atom. The highest BCUT2D eigenvalue weighted by molar-refractivity contribution is 5.93. The summed E-state index contributed by atoms with van der Waals surface area (Å²) < 4.78 is 174. The normalized spacial score (nSPS) is 13.3. The molecule has 55 heavy (non-hydrogen) atoms. The zero-order valence-electron chi connectivity index (χ0n) is 29.1. The molecule has 5 rings (SSSR count). The van der Waals surface area contributed by atoms with Gasteiger partial charge in [-0.1, -0.05) is 26.7 Å². The van der Waals surface area contributed by atoms with E-state index in [2.05, 4.69) is 9.69 Å². The Balaban J connectivity index is 2.23. The first-order valence-corrected chi connectivity index (χ1v) is 16.7. The molecule has 0 saturated heterocycles. The van der Waals surface area contributed by atoms with Crippen LogP contribution in [0.3, 0.4) is 0 Å². The maximum atomic E-state index is 16.3. The van der Waals surface area contributed by atoms with E-state index in [1.807, 2.05) is 0 Å². The van der Waals surface area contributed by atoms with Gasteiger partial charge in [-0.05, 0) is 77.3 Å². The minimum Gasteiger partial charge on any atom is -0.203 e. The van der Waals surface area contributed by atoms with Crippen molar-refractivity contribution in [2.45, 2.75) is 78.3 Å². The topological polar surface area (TPSA) is 56.3 Å². The minimum atomic E-state index is -5.67. The maximum absolute atomic E-state index is 16.3. The van der Waals surface area contributed by atoms with E-state index in [-0.39, 0.29) is 24.0 Å². The molecule has 0 aromatic heterocycles. The molecule has 0 fully saturated rings. The molecule has 282 valence electrons. The molecule has 0 spiro atoms. The van der Waals surface area contributed by atoms with Gasteiger partial charge in [0, 0.05) is 23.1 Å². The lowest BCUT2D eigenvalue weighted by atomic mass is 9.84. The molecule has 0 bridgehead atoms. The molecule has 3 aromatic rings. The van der Waals surface area contributed by atoms with Crippen molar-refractivity contribution in [2.24, 2.45) is 0 Å². The Bertz CT molecular complexity index is 2500. The van der Waals surface area contributed by atoms with E-state index in [1.165, 1.54) is 12.1 Å². The summed E-state index contributed by atoms with van der Waals surface area (Å²) in [5.41, 5.74) is -14.3. The smallest absolute Gasteiger partial charge is 0.203 e. The van der Waals surface area contributed by atoms with Crippen molar-refractivity contribution < 1.29 is 48.3 Å². The Morgan fingerprint density at radius 3 is 1.36 bits per heavy atom. The number of alkyl halides is 3. The van der Waals surface area contributed by atoms with E-state index in [9.17, 15) is 10.5 Å². The summed E-state index contributed by atoms with van der Waals surface area (Å²) in [5, 5.41) is 17.4. The van der Waals surface area contributed by atoms with Crippen molar-refractivity contribution in [1.82, 2.24) is 0 Å². The number of benzene rings is 3. The van der Waals surface area contributed by atoms with Crippen LogP contribution >= 0.6 is 0 Å². The second-order valence-corrected chi connectivity index (χ2v) is 12.8. The zero-order chi connectivity index (χ0) is 40.8. The molecule has 0 aliphatic heterocycles. The lowest BCUT2D eigenvalue weighted by Gasteiger charge is -2.20. The maximum Gasteiger partial charge on any atom is 0.523 e. The molecular weight excluding hydrogens is 745 g/mol. The molecular formula is C40H25F11N4. The third-order valence-electron chi connectivity index (χ3n) is 9.85. The lowest BCUT2D eigenvalue weighted by molar-refractivity contribution is -0.0695. The fourth-order valence-electron chi connectivity index (χ4n) is 7.36. The predicted molar refractivity (Wildman–Crippen MR) is 178 cm³/mol. The summed E-state index contributed by atoms with van der Waals surface area (Å²) in [4.78, 5) is 6.16. The second-order valence-electron chi connectivity index (χ2n) is 12.8. The first kappa shape index (κ1) is 40.3. The summed E-state index contributed by atoms with van der Waals surface area (Å²) in [5.74, 6) is -17.0. The molecule has 0 radical (unpaired) electrons. The fraction of sp³-hybridized carbons (Fsp3) is 0.300. The largest absolute Gasteiger partial charge is 0.523 e. The molecule has 2 aliphatic rings. The summed E-state index contributed by atoms with van der Waals surface area (Å²) in [6.07, 6.45) is -8.10. The van der Waals surface area contributed by atoms with Crippen LogP contribution in [-0.4, -0.2) is 6.18 Å². The van der Waals surface area contributed by atoms with Crippen LogP contribution in [0.5, 0.6) is 0 Å². The Hall–Kier alpha value is -5.93. The van der Waals surface area contributed by atoms with Crippen LogP contribution in [-0.2, 0) is 25.7 Å². The van der Waals surface area contributed by atoms with Gasteiger partial charge >= 0.3 is 12.0 Å². The van der Waals surface area contributed by atoms with E-state index >= 15 is 48.3 Å². The third kappa shape index (κ3) is 6.22. The summed E-state index contributed by atoms with van der Waals surface area (Å²) in [6, 6.07) is 2.54. The molecule has 4 nitrogen and oxygen atoms in total. The van der Waals surface area contributed by atoms with Crippen LogP contribution in [0.25, 0.3) is 43.1 Å². The van der Waals surface area contributed by atoms with Crippen molar-refractivity contribution in [2.75, 3.05) is 0 Å². The monoisotopic (exact) mass is 770 g/mol. The number of nitrogens with zero attached hydrogens (tertiary/aromatic N) is 4. The highest BCUT2D eigenvalue weighted by Gasteiger charge is 2.46. The SMILES string of the molecule is [C-]#[N+]C([N+]#[C-])=C1Cc2c(-c3c(F)c(F)c(CCCC)c(F)c3F)c3c(c(-c4c(F)c(F)c(CCCC)c(F)c4F)c2=C1C)CC(=C(C#N)C#N)C=3C(F)(F)F. The van der Waals surface area contributed by atoms with E-state index in [0.29, 0.717) is 12.8 Å². The number of fused-ring (bicyclic) bond motifs is 2. The standard InChI is InChI=1S/C40H25F11N4/c1-6-8-10-18-31(41)35(45)28(36(46)32(18)42)25-23-13-21(17(14-52)15-53)30(40(49,50)51)27(23)26(22-12-20(16(3)24(22)25)39(54-4)55-5)29-37(47)33(43)19(11-9-7-2)34(44)38(29)48/h6-13H2,1-3H3. The predicted octanol–water partition coefficient (Wildman–Crippen LogP) is 10.2. The number of halogens is 11. The number of nitriles is 2. The van der Waals surface area contributed by atoms with Crippen molar-refractivity contribution in [3.05, 3.63) is 125 Å². The van der Waals surface area contributed by atoms with Crippen LogP contribution in [0.4, 0.5) is 48.3 Å². The van der Waals surface area contributed by atoms with Crippen LogP contribution in [0.1, 0.15) is 68.7 Å². The molecule has 0 heterocycles. The van der Waals surface area contributed by atoms with Gasteiger partial charge in [0.15, 0.2) is 46.5 Å². The van der Waals surface area contributed by atoms with E-state index in [0.717, 1.165) is 6.92 Å². The van der Waals surface area contributed by atoms with Crippen LogP contribution in [0.15, 0.2) is 22.5 Å². The first-order chi connectivity index (χ1) is 26.0. The van der Waals surface area contributed by atoms with Gasteiger partial charge in [-0.25, -0.2) is 35.1 Å². The molecule has 0 atom stereocenters. The quantitative estimate of drug-likeness (QED) is 0.0992. The van der Waals surface area contributed by atoms with Crippen molar-refractivity contribution >= 4 is 11.1 Å². The molecule has 0 amide bonds. The Labute approximate surface area is 307 Å². The van der Waals surface area contributed by atoms with Gasteiger partial charge in [0.2, 0.25) is 0 Å². The number of allylic oxidation sites excluding steroid dienone is 3. The molecule has 2 aliphatic carbocycles. The Kier molecular flexibility index (Phi) is 11.0. The van der Waals surface area contributed by atoms with Crippen LogP contribution in [0.2, 0.25) is 0 Å². The zero-order valence-corrected chi connectivity index (χ0v) is 29.1. The molecule has 3 aromatic carbocycles. The second kappa shape index (κ2) is 15.1. The van der Waals surface area contributed by atoms with Crippen molar-refractivity contribution in [3.8, 4) is 34.4 Å². The fourth-order valence-corrected chi connectivity index (χ4v) is 7.36. The van der Waals surface area contributed by atoms with Gasteiger partial charge in [-0.3, -0.25) is 0 Å². The van der Waals surface area contributed by atoms with Gasteiger partial charge in [-0.15, -0.1) is 0 Å². The van der Waals surface area contributed by atoms with E-state index < -0.39 is 156 Å². The summed E-state index contributed by atoms with van der Waals surface area (Å²) in [6.45, 7) is 19.4. The molecule has 15 heteroatoms. The molecule has 0 N–H and O–H groups in total. The van der Waals surface area contributed by atoms with Gasteiger partial charge < -0.3 is 0 Å². The van der Waals surface area contributed by atoms with Crippen LogP contribution < -0.4 is 10.4 Å². The highest BCUT2D eigenvalue weighted by Crippen LogP contribution is 2.46. The number of hydrogen-bond donors (Lipinski definition) is 0. The number of hydrogen-bond acceptors (Lipinski definition) is 2. The van der Waals surface area contributed by atoms with Gasteiger partial charge in [0.25, 0.3) is 0 Å². The van der Waals surface area contributed by atoms with Crippen molar-refractivity contribution in [3.63, 3.8) is 0 Å². The first-order valence-electron chi connectivity index (χ1n) is 16.7. The highest BCUT2D eigenvalue weighted by atomic mass is 19.4. The number of rotatable bonds is 8.